The molecule has 0 saturated heterocycles. The van der Waals surface area contributed by atoms with Crippen molar-refractivity contribution in [3.8, 4) is 5.75 Å². The van der Waals surface area contributed by atoms with Crippen LogP contribution >= 0.6 is 11.6 Å². The van der Waals surface area contributed by atoms with Crippen molar-refractivity contribution in [2.45, 2.75) is 33.2 Å². The van der Waals surface area contributed by atoms with Gasteiger partial charge in [-0.2, -0.15) is 0 Å². The molecule has 1 N–H and O–H groups in total. The summed E-state index contributed by atoms with van der Waals surface area (Å²) < 4.78 is 7.51. The highest BCUT2D eigenvalue weighted by atomic mass is 35.5. The zero-order valence-corrected chi connectivity index (χ0v) is 15.5. The number of carboxylic acids is 1. The molecule has 0 amide bonds. The minimum absolute atomic E-state index is 0.00397. The lowest BCUT2D eigenvalue weighted by molar-refractivity contribution is 0.0691. The zero-order valence-electron chi connectivity index (χ0n) is 14.7. The maximum absolute atomic E-state index is 11.2. The fourth-order valence-electron chi connectivity index (χ4n) is 2.74. The Labute approximate surface area is 156 Å². The molecule has 0 radical (unpaired) electrons. The van der Waals surface area contributed by atoms with Crippen LogP contribution in [0.15, 0.2) is 30.3 Å². The van der Waals surface area contributed by atoms with E-state index < -0.39 is 5.97 Å². The Hall–Kier alpha value is -2.60. The summed E-state index contributed by atoms with van der Waals surface area (Å²) in [5.74, 6) is 0.503. The number of pyridine rings is 1. The molecule has 0 bridgehead atoms. The van der Waals surface area contributed by atoms with E-state index in [9.17, 15) is 9.90 Å². The Morgan fingerprint density at radius 1 is 1.23 bits per heavy atom. The number of hydrogen-bond donors (Lipinski definition) is 1. The molecule has 1 aromatic carbocycles. The van der Waals surface area contributed by atoms with Gasteiger partial charge in [-0.3, -0.25) is 0 Å². The van der Waals surface area contributed by atoms with Crippen LogP contribution in [0.2, 0.25) is 5.02 Å². The molecule has 0 fully saturated rings. The number of rotatable bonds is 7. The van der Waals surface area contributed by atoms with Crippen LogP contribution in [0.5, 0.6) is 5.75 Å². The lowest BCUT2D eigenvalue weighted by Crippen LogP contribution is -2.07. The molecule has 2 aromatic heterocycles. The van der Waals surface area contributed by atoms with Crippen molar-refractivity contribution in [2.24, 2.45) is 0 Å². The van der Waals surface area contributed by atoms with Gasteiger partial charge in [0.05, 0.1) is 13.2 Å². The van der Waals surface area contributed by atoms with Crippen LogP contribution in [0.3, 0.4) is 0 Å². The van der Waals surface area contributed by atoms with Crippen LogP contribution in [0.25, 0.3) is 11.2 Å². The van der Waals surface area contributed by atoms with Crippen molar-refractivity contribution in [1.29, 1.82) is 0 Å². The SMILES string of the molecule is CCCOc1ccc(Cn2c(CC)nc3ccc(C(=O)O)nc32)c(Cl)c1. The number of hydrogen-bond acceptors (Lipinski definition) is 4. The molecule has 0 atom stereocenters. The van der Waals surface area contributed by atoms with E-state index in [0.717, 1.165) is 23.6 Å². The van der Waals surface area contributed by atoms with Gasteiger partial charge in [0.25, 0.3) is 0 Å². The number of halogens is 1. The molecule has 0 unspecified atom stereocenters. The molecule has 26 heavy (non-hydrogen) atoms. The number of aromatic carboxylic acids is 1. The van der Waals surface area contributed by atoms with E-state index in [1.807, 2.05) is 30.5 Å². The maximum Gasteiger partial charge on any atom is 0.354 e. The van der Waals surface area contributed by atoms with Gasteiger partial charge in [0.1, 0.15) is 17.1 Å². The quantitative estimate of drug-likeness (QED) is 0.672. The summed E-state index contributed by atoms with van der Waals surface area (Å²) >= 11 is 6.43. The van der Waals surface area contributed by atoms with Crippen molar-refractivity contribution in [1.82, 2.24) is 14.5 Å². The monoisotopic (exact) mass is 373 g/mol. The molecular weight excluding hydrogens is 354 g/mol. The fourth-order valence-corrected chi connectivity index (χ4v) is 2.97. The summed E-state index contributed by atoms with van der Waals surface area (Å²) in [5.41, 5.74) is 2.11. The molecule has 3 aromatic rings. The topological polar surface area (TPSA) is 77.2 Å². The van der Waals surface area contributed by atoms with Crippen LogP contribution in [-0.4, -0.2) is 32.2 Å². The number of carbonyl (C=O) groups is 1. The maximum atomic E-state index is 11.2. The van der Waals surface area contributed by atoms with Crippen LogP contribution in [0.4, 0.5) is 0 Å². The minimum atomic E-state index is -1.06. The smallest absolute Gasteiger partial charge is 0.354 e. The highest BCUT2D eigenvalue weighted by molar-refractivity contribution is 6.31. The van der Waals surface area contributed by atoms with Crippen LogP contribution < -0.4 is 4.74 Å². The Balaban J connectivity index is 1.99. The third-order valence-electron chi connectivity index (χ3n) is 4.03. The Morgan fingerprint density at radius 3 is 2.69 bits per heavy atom. The highest BCUT2D eigenvalue weighted by Crippen LogP contribution is 2.25. The Bertz CT molecular complexity index is 953. The number of aromatic nitrogens is 3. The fraction of sp³-hybridized carbons (Fsp3) is 0.316. The first-order chi connectivity index (χ1) is 12.5. The molecule has 7 heteroatoms. The summed E-state index contributed by atoms with van der Waals surface area (Å²) in [6.45, 7) is 5.15. The molecule has 0 aliphatic heterocycles. The van der Waals surface area contributed by atoms with Gasteiger partial charge in [-0.25, -0.2) is 14.8 Å². The van der Waals surface area contributed by atoms with Crippen molar-refractivity contribution < 1.29 is 14.6 Å². The molecule has 2 heterocycles. The first kappa shape index (κ1) is 18.2. The van der Waals surface area contributed by atoms with Gasteiger partial charge in [0.2, 0.25) is 0 Å². The number of carboxylic acid groups (broad SMARTS) is 1. The molecule has 0 spiro atoms. The van der Waals surface area contributed by atoms with Gasteiger partial charge in [-0.15, -0.1) is 0 Å². The normalized spacial score (nSPS) is 11.0. The zero-order chi connectivity index (χ0) is 18.7. The van der Waals surface area contributed by atoms with Gasteiger partial charge in [-0.05, 0) is 36.2 Å². The lowest BCUT2D eigenvalue weighted by Gasteiger charge is -2.11. The number of ether oxygens (including phenoxy) is 1. The van der Waals surface area contributed by atoms with Crippen molar-refractivity contribution in [3.63, 3.8) is 0 Å². The summed E-state index contributed by atoms with van der Waals surface area (Å²) in [7, 11) is 0. The summed E-state index contributed by atoms with van der Waals surface area (Å²) in [5, 5.41) is 9.80. The Kier molecular flexibility index (Phi) is 5.42. The number of aryl methyl sites for hydroxylation is 1. The van der Waals surface area contributed by atoms with E-state index in [2.05, 4.69) is 9.97 Å². The van der Waals surface area contributed by atoms with E-state index in [1.165, 1.54) is 6.07 Å². The van der Waals surface area contributed by atoms with E-state index in [-0.39, 0.29) is 5.69 Å². The second-order valence-corrected chi connectivity index (χ2v) is 6.32. The van der Waals surface area contributed by atoms with Crippen molar-refractivity contribution in [3.05, 3.63) is 52.4 Å². The second-order valence-electron chi connectivity index (χ2n) is 5.91. The molecular formula is C19H20ClN3O3. The average Bonchev–Trinajstić information content (AvgIpc) is 2.98. The summed E-state index contributed by atoms with van der Waals surface area (Å²) in [6.07, 6.45) is 1.63. The molecule has 0 aliphatic rings. The summed E-state index contributed by atoms with van der Waals surface area (Å²) in [6, 6.07) is 8.75. The molecule has 136 valence electrons. The molecule has 0 saturated carbocycles. The van der Waals surface area contributed by atoms with E-state index >= 15 is 0 Å². The molecule has 3 rings (SSSR count). The predicted octanol–water partition coefficient (Wildman–Crippen LogP) is 4.18. The van der Waals surface area contributed by atoms with E-state index in [4.69, 9.17) is 16.3 Å². The first-order valence-electron chi connectivity index (χ1n) is 8.54. The Morgan fingerprint density at radius 2 is 2.04 bits per heavy atom. The third-order valence-corrected chi connectivity index (χ3v) is 4.38. The van der Waals surface area contributed by atoms with Crippen LogP contribution in [0, 0.1) is 0 Å². The third kappa shape index (κ3) is 3.65. The van der Waals surface area contributed by atoms with Gasteiger partial charge in [-0.1, -0.05) is 31.5 Å². The van der Waals surface area contributed by atoms with E-state index in [0.29, 0.717) is 35.8 Å². The number of fused-ring (bicyclic) bond motifs is 1. The van der Waals surface area contributed by atoms with Crippen LogP contribution in [0.1, 0.15) is 42.1 Å². The largest absolute Gasteiger partial charge is 0.494 e. The van der Waals surface area contributed by atoms with Crippen LogP contribution in [-0.2, 0) is 13.0 Å². The summed E-state index contributed by atoms with van der Waals surface area (Å²) in [4.78, 5) is 20.1. The molecule has 6 nitrogen and oxygen atoms in total. The number of nitrogens with zero attached hydrogens (tertiary/aromatic N) is 3. The van der Waals surface area contributed by atoms with E-state index in [1.54, 1.807) is 12.1 Å². The standard InChI is InChI=1S/C19H20ClN3O3/c1-3-9-26-13-6-5-12(14(20)10-13)11-23-17(4-2)21-15-7-8-16(19(24)25)22-18(15)23/h5-8,10H,3-4,9,11H2,1-2H3,(H,24,25). The first-order valence-corrected chi connectivity index (χ1v) is 8.92. The van der Waals surface area contributed by atoms with Crippen molar-refractivity contribution >= 4 is 28.7 Å². The number of benzene rings is 1. The molecule has 0 aliphatic carbocycles. The van der Waals surface area contributed by atoms with Gasteiger partial charge < -0.3 is 14.4 Å². The lowest BCUT2D eigenvalue weighted by atomic mass is 10.2. The van der Waals surface area contributed by atoms with Gasteiger partial charge in [0.15, 0.2) is 11.3 Å². The average molecular weight is 374 g/mol. The van der Waals surface area contributed by atoms with Crippen molar-refractivity contribution in [2.75, 3.05) is 6.61 Å². The highest BCUT2D eigenvalue weighted by Gasteiger charge is 2.15. The van der Waals surface area contributed by atoms with Gasteiger partial charge >= 0.3 is 5.97 Å². The predicted molar refractivity (Wildman–Crippen MR) is 100 cm³/mol. The van der Waals surface area contributed by atoms with Gasteiger partial charge in [0, 0.05) is 11.4 Å². The second kappa shape index (κ2) is 7.74. The minimum Gasteiger partial charge on any atom is -0.494 e. The number of imidazole rings is 1.